The van der Waals surface area contributed by atoms with E-state index in [9.17, 15) is 13.2 Å². The lowest BCUT2D eigenvalue weighted by Crippen LogP contribution is -2.37. The SMILES string of the molecule is CC(=O)NC1CCN(S(=O)(=O)c2ccccc2)C1. The van der Waals surface area contributed by atoms with Gasteiger partial charge >= 0.3 is 0 Å². The molecule has 6 heteroatoms. The molecule has 1 aromatic carbocycles. The van der Waals surface area contributed by atoms with E-state index in [-0.39, 0.29) is 11.9 Å². The third kappa shape index (κ3) is 2.70. The maximum atomic E-state index is 12.3. The molecule has 1 heterocycles. The van der Waals surface area contributed by atoms with Crippen LogP contribution in [0.25, 0.3) is 0 Å². The van der Waals surface area contributed by atoms with E-state index < -0.39 is 10.0 Å². The first-order valence-corrected chi connectivity index (χ1v) is 7.26. The van der Waals surface area contributed by atoms with Gasteiger partial charge < -0.3 is 5.32 Å². The minimum atomic E-state index is -3.43. The van der Waals surface area contributed by atoms with E-state index in [0.29, 0.717) is 24.4 Å². The van der Waals surface area contributed by atoms with E-state index in [1.54, 1.807) is 30.3 Å². The standard InChI is InChI=1S/C12H16N2O3S/c1-10(15)13-11-7-8-14(9-11)18(16,17)12-5-3-2-4-6-12/h2-6,11H,7-9H2,1H3,(H,13,15). The number of carbonyl (C=O) groups excluding carboxylic acids is 1. The van der Waals surface area contributed by atoms with Crippen molar-refractivity contribution in [1.82, 2.24) is 9.62 Å². The van der Waals surface area contributed by atoms with Gasteiger partial charge in [-0.05, 0) is 18.6 Å². The molecule has 0 spiro atoms. The number of nitrogens with zero attached hydrogens (tertiary/aromatic N) is 1. The fourth-order valence-corrected chi connectivity index (χ4v) is 3.61. The molecule has 18 heavy (non-hydrogen) atoms. The van der Waals surface area contributed by atoms with Gasteiger partial charge in [-0.2, -0.15) is 4.31 Å². The average molecular weight is 268 g/mol. The molecule has 0 bridgehead atoms. The molecular formula is C12H16N2O3S. The number of carbonyl (C=O) groups is 1. The molecule has 1 unspecified atom stereocenters. The van der Waals surface area contributed by atoms with Crippen LogP contribution in [-0.4, -0.2) is 37.8 Å². The zero-order valence-electron chi connectivity index (χ0n) is 10.2. The Kier molecular flexibility index (Phi) is 3.68. The fourth-order valence-electron chi connectivity index (χ4n) is 2.09. The van der Waals surface area contributed by atoms with Gasteiger partial charge in [0.1, 0.15) is 0 Å². The van der Waals surface area contributed by atoms with Crippen molar-refractivity contribution in [3.05, 3.63) is 30.3 Å². The van der Waals surface area contributed by atoms with Gasteiger partial charge in [0.15, 0.2) is 0 Å². The largest absolute Gasteiger partial charge is 0.352 e. The summed E-state index contributed by atoms with van der Waals surface area (Å²) in [6.07, 6.45) is 0.658. The molecule has 0 aliphatic carbocycles. The lowest BCUT2D eigenvalue weighted by Gasteiger charge is -2.16. The minimum Gasteiger partial charge on any atom is -0.352 e. The van der Waals surface area contributed by atoms with E-state index in [2.05, 4.69) is 5.32 Å². The highest BCUT2D eigenvalue weighted by atomic mass is 32.2. The van der Waals surface area contributed by atoms with Crippen LogP contribution in [0, 0.1) is 0 Å². The Bertz CT molecular complexity index is 528. The summed E-state index contributed by atoms with van der Waals surface area (Å²) in [6.45, 7) is 2.23. The molecule has 0 saturated carbocycles. The second kappa shape index (κ2) is 5.07. The second-order valence-corrected chi connectivity index (χ2v) is 6.30. The van der Waals surface area contributed by atoms with E-state index in [1.165, 1.54) is 11.2 Å². The molecule has 1 saturated heterocycles. The predicted molar refractivity (Wildman–Crippen MR) is 67.4 cm³/mol. The van der Waals surface area contributed by atoms with Crippen molar-refractivity contribution in [2.24, 2.45) is 0 Å². The Hall–Kier alpha value is -1.40. The maximum absolute atomic E-state index is 12.3. The molecule has 0 radical (unpaired) electrons. The Morgan fingerprint density at radius 2 is 2.00 bits per heavy atom. The second-order valence-electron chi connectivity index (χ2n) is 4.36. The molecule has 1 atom stereocenters. The monoisotopic (exact) mass is 268 g/mol. The van der Waals surface area contributed by atoms with Crippen molar-refractivity contribution in [1.29, 1.82) is 0 Å². The first kappa shape index (κ1) is 13.0. The van der Waals surface area contributed by atoms with Gasteiger partial charge in [0.25, 0.3) is 0 Å². The maximum Gasteiger partial charge on any atom is 0.243 e. The summed E-state index contributed by atoms with van der Waals surface area (Å²) in [6, 6.07) is 8.27. The van der Waals surface area contributed by atoms with Crippen molar-refractivity contribution >= 4 is 15.9 Å². The molecule has 0 aromatic heterocycles. The van der Waals surface area contributed by atoms with Crippen LogP contribution in [0.1, 0.15) is 13.3 Å². The number of nitrogens with one attached hydrogen (secondary N) is 1. The zero-order valence-corrected chi connectivity index (χ0v) is 11.0. The van der Waals surface area contributed by atoms with Gasteiger partial charge in [-0.1, -0.05) is 18.2 Å². The van der Waals surface area contributed by atoms with Crippen LogP contribution in [0.4, 0.5) is 0 Å². The van der Waals surface area contributed by atoms with Gasteiger partial charge in [-0.15, -0.1) is 0 Å². The van der Waals surface area contributed by atoms with Crippen molar-refractivity contribution in [3.63, 3.8) is 0 Å². The molecule has 98 valence electrons. The quantitative estimate of drug-likeness (QED) is 0.872. The number of amides is 1. The molecule has 1 aliphatic heterocycles. The zero-order chi connectivity index (χ0) is 13.2. The summed E-state index contributed by atoms with van der Waals surface area (Å²) in [5.41, 5.74) is 0. The molecule has 2 rings (SSSR count). The first-order chi connectivity index (χ1) is 8.50. The summed E-state index contributed by atoms with van der Waals surface area (Å²) < 4.78 is 26.0. The van der Waals surface area contributed by atoms with Crippen LogP contribution in [-0.2, 0) is 14.8 Å². The average Bonchev–Trinajstić information content (AvgIpc) is 2.78. The van der Waals surface area contributed by atoms with Crippen LogP contribution in [0.2, 0.25) is 0 Å². The molecule has 1 N–H and O–H groups in total. The molecule has 1 fully saturated rings. The number of hydrogen-bond acceptors (Lipinski definition) is 3. The summed E-state index contributed by atoms with van der Waals surface area (Å²) in [5.74, 6) is -0.126. The van der Waals surface area contributed by atoms with Gasteiger partial charge in [-0.25, -0.2) is 8.42 Å². The highest BCUT2D eigenvalue weighted by Gasteiger charge is 2.32. The highest BCUT2D eigenvalue weighted by Crippen LogP contribution is 2.20. The van der Waals surface area contributed by atoms with Gasteiger partial charge in [0, 0.05) is 26.1 Å². The van der Waals surface area contributed by atoms with E-state index in [1.807, 2.05) is 0 Å². The van der Waals surface area contributed by atoms with Crippen molar-refractivity contribution in [2.75, 3.05) is 13.1 Å². The number of hydrogen-bond donors (Lipinski definition) is 1. The fraction of sp³-hybridized carbons (Fsp3) is 0.417. The van der Waals surface area contributed by atoms with E-state index >= 15 is 0 Å². The Morgan fingerprint density at radius 3 is 2.61 bits per heavy atom. The van der Waals surface area contributed by atoms with Gasteiger partial charge in [0.2, 0.25) is 15.9 Å². The van der Waals surface area contributed by atoms with E-state index in [4.69, 9.17) is 0 Å². The first-order valence-electron chi connectivity index (χ1n) is 5.82. The number of sulfonamides is 1. The van der Waals surface area contributed by atoms with Crippen LogP contribution < -0.4 is 5.32 Å². The minimum absolute atomic E-state index is 0.0824. The van der Waals surface area contributed by atoms with Crippen LogP contribution >= 0.6 is 0 Å². The van der Waals surface area contributed by atoms with Gasteiger partial charge in [-0.3, -0.25) is 4.79 Å². The lowest BCUT2D eigenvalue weighted by molar-refractivity contribution is -0.119. The van der Waals surface area contributed by atoms with Gasteiger partial charge in [0.05, 0.1) is 4.90 Å². The molecule has 1 aliphatic rings. The highest BCUT2D eigenvalue weighted by molar-refractivity contribution is 7.89. The Morgan fingerprint density at radius 1 is 1.33 bits per heavy atom. The summed E-state index contributed by atoms with van der Waals surface area (Å²) in [7, 11) is -3.43. The molecule has 5 nitrogen and oxygen atoms in total. The van der Waals surface area contributed by atoms with Crippen molar-refractivity contribution in [2.45, 2.75) is 24.3 Å². The molecular weight excluding hydrogens is 252 g/mol. The van der Waals surface area contributed by atoms with Crippen LogP contribution in [0.5, 0.6) is 0 Å². The number of rotatable bonds is 3. The van der Waals surface area contributed by atoms with Crippen molar-refractivity contribution < 1.29 is 13.2 Å². The smallest absolute Gasteiger partial charge is 0.243 e. The Balaban J connectivity index is 2.12. The van der Waals surface area contributed by atoms with Crippen LogP contribution in [0.15, 0.2) is 35.2 Å². The van der Waals surface area contributed by atoms with Crippen LogP contribution in [0.3, 0.4) is 0 Å². The normalized spacial score (nSPS) is 20.8. The summed E-state index contributed by atoms with van der Waals surface area (Å²) in [4.78, 5) is 11.2. The van der Waals surface area contributed by atoms with Crippen molar-refractivity contribution in [3.8, 4) is 0 Å². The third-order valence-corrected chi connectivity index (χ3v) is 4.82. The predicted octanol–water partition coefficient (Wildman–Crippen LogP) is 0.586. The molecule has 1 amide bonds. The summed E-state index contributed by atoms with van der Waals surface area (Å²) >= 11 is 0. The third-order valence-electron chi connectivity index (χ3n) is 2.94. The molecule has 1 aromatic rings. The lowest BCUT2D eigenvalue weighted by atomic mass is 10.3. The van der Waals surface area contributed by atoms with E-state index in [0.717, 1.165) is 0 Å². The summed E-state index contributed by atoms with van der Waals surface area (Å²) in [5, 5.41) is 2.75. The number of benzene rings is 1. The Labute approximate surface area is 107 Å². The topological polar surface area (TPSA) is 66.5 Å².